The number of halogens is 3. The standard InChI is InChI=1S/C18H20F3N5O/c1-8(22)15(9-2-3-9)25-18-14(21)7-11(16(23)27)17(26-18)24-10-4-5-12(19)13(20)6-10/h4-9,15H,2-3,22H2,1H3,(H2,23,27)(H2,24,25,26)/t8-,15-/m0/s1. The molecule has 0 radical (unpaired) electrons. The average molecular weight is 379 g/mol. The molecule has 0 spiro atoms. The van der Waals surface area contributed by atoms with Crippen LogP contribution in [0.4, 0.5) is 30.5 Å². The summed E-state index contributed by atoms with van der Waals surface area (Å²) in [6, 6.07) is 3.61. The van der Waals surface area contributed by atoms with Crippen LogP contribution in [0, 0.1) is 23.4 Å². The first-order chi connectivity index (χ1) is 12.8. The van der Waals surface area contributed by atoms with Gasteiger partial charge in [-0.1, -0.05) is 0 Å². The summed E-state index contributed by atoms with van der Waals surface area (Å²) in [5.41, 5.74) is 11.2. The molecule has 0 aliphatic heterocycles. The second kappa shape index (κ2) is 7.43. The van der Waals surface area contributed by atoms with Crippen molar-refractivity contribution in [2.24, 2.45) is 17.4 Å². The van der Waals surface area contributed by atoms with Crippen molar-refractivity contribution in [1.82, 2.24) is 4.98 Å². The van der Waals surface area contributed by atoms with Crippen molar-refractivity contribution in [1.29, 1.82) is 0 Å². The van der Waals surface area contributed by atoms with E-state index in [0.29, 0.717) is 5.92 Å². The Hall–Kier alpha value is -2.81. The molecule has 1 aliphatic carbocycles. The monoisotopic (exact) mass is 379 g/mol. The molecule has 1 fully saturated rings. The number of carbonyl (C=O) groups is 1. The number of carbonyl (C=O) groups excluding carboxylic acids is 1. The van der Waals surface area contributed by atoms with Crippen LogP contribution in [0.2, 0.25) is 0 Å². The molecule has 6 nitrogen and oxygen atoms in total. The predicted molar refractivity (Wildman–Crippen MR) is 96.1 cm³/mol. The number of primary amides is 1. The van der Waals surface area contributed by atoms with Gasteiger partial charge in [-0.05, 0) is 43.9 Å². The Kier molecular flexibility index (Phi) is 5.22. The van der Waals surface area contributed by atoms with Gasteiger partial charge >= 0.3 is 0 Å². The fourth-order valence-electron chi connectivity index (χ4n) is 2.88. The molecule has 0 bridgehead atoms. The van der Waals surface area contributed by atoms with Crippen molar-refractivity contribution < 1.29 is 18.0 Å². The highest BCUT2D eigenvalue weighted by Crippen LogP contribution is 2.36. The van der Waals surface area contributed by atoms with Crippen LogP contribution in [-0.2, 0) is 0 Å². The van der Waals surface area contributed by atoms with Gasteiger partial charge in [0, 0.05) is 23.8 Å². The predicted octanol–water partition coefficient (Wildman–Crippen LogP) is 2.88. The fourth-order valence-corrected chi connectivity index (χ4v) is 2.88. The minimum atomic E-state index is -1.08. The number of nitrogens with zero attached hydrogens (tertiary/aromatic N) is 1. The quantitative estimate of drug-likeness (QED) is 0.592. The van der Waals surface area contributed by atoms with E-state index < -0.39 is 23.4 Å². The van der Waals surface area contributed by atoms with E-state index in [9.17, 15) is 18.0 Å². The summed E-state index contributed by atoms with van der Waals surface area (Å²) in [7, 11) is 0. The lowest BCUT2D eigenvalue weighted by molar-refractivity contribution is 0.100. The Bertz CT molecular complexity index is 868. The van der Waals surface area contributed by atoms with Crippen molar-refractivity contribution in [3.8, 4) is 0 Å². The highest BCUT2D eigenvalue weighted by Gasteiger charge is 2.34. The normalized spacial score (nSPS) is 15.9. The third kappa shape index (κ3) is 4.30. The molecule has 27 heavy (non-hydrogen) atoms. The Morgan fingerprint density at radius 1 is 1.15 bits per heavy atom. The number of amides is 1. The van der Waals surface area contributed by atoms with E-state index in [-0.39, 0.29) is 35.0 Å². The summed E-state index contributed by atoms with van der Waals surface area (Å²) in [4.78, 5) is 15.7. The average Bonchev–Trinajstić information content (AvgIpc) is 3.42. The smallest absolute Gasteiger partial charge is 0.252 e. The number of aromatic nitrogens is 1. The SMILES string of the molecule is C[C@H](N)[C@H](Nc1nc(Nc2ccc(F)c(F)c2)c(C(N)=O)cc1F)C1CC1. The van der Waals surface area contributed by atoms with Crippen molar-refractivity contribution in [3.63, 3.8) is 0 Å². The van der Waals surface area contributed by atoms with Gasteiger partial charge in [-0.15, -0.1) is 0 Å². The summed E-state index contributed by atoms with van der Waals surface area (Å²) >= 11 is 0. The number of anilines is 3. The van der Waals surface area contributed by atoms with Gasteiger partial charge in [-0.3, -0.25) is 4.79 Å². The van der Waals surface area contributed by atoms with Gasteiger partial charge < -0.3 is 22.1 Å². The molecule has 1 heterocycles. The van der Waals surface area contributed by atoms with Crippen LogP contribution in [0.5, 0.6) is 0 Å². The minimum Gasteiger partial charge on any atom is -0.365 e. The van der Waals surface area contributed by atoms with Gasteiger partial charge in [0.15, 0.2) is 23.3 Å². The molecule has 6 N–H and O–H groups in total. The van der Waals surface area contributed by atoms with Crippen LogP contribution in [-0.4, -0.2) is 23.0 Å². The Morgan fingerprint density at radius 2 is 1.85 bits per heavy atom. The summed E-state index contributed by atoms with van der Waals surface area (Å²) in [5.74, 6) is -3.61. The van der Waals surface area contributed by atoms with Gasteiger partial charge in [0.05, 0.1) is 5.56 Å². The van der Waals surface area contributed by atoms with Crippen LogP contribution in [0.1, 0.15) is 30.1 Å². The second-order valence-electron chi connectivity index (χ2n) is 6.70. The van der Waals surface area contributed by atoms with E-state index >= 15 is 0 Å². The molecule has 1 aromatic carbocycles. The molecule has 9 heteroatoms. The van der Waals surface area contributed by atoms with Crippen molar-refractivity contribution in [2.45, 2.75) is 31.8 Å². The zero-order valence-corrected chi connectivity index (χ0v) is 14.6. The lowest BCUT2D eigenvalue weighted by Crippen LogP contribution is -2.40. The molecular formula is C18H20F3N5O. The molecule has 144 valence electrons. The molecule has 1 amide bonds. The van der Waals surface area contributed by atoms with E-state index in [0.717, 1.165) is 31.0 Å². The van der Waals surface area contributed by atoms with Crippen molar-refractivity contribution in [2.75, 3.05) is 10.6 Å². The van der Waals surface area contributed by atoms with Crippen LogP contribution in [0.25, 0.3) is 0 Å². The van der Waals surface area contributed by atoms with Crippen LogP contribution in [0.15, 0.2) is 24.3 Å². The lowest BCUT2D eigenvalue weighted by atomic mass is 10.1. The molecule has 3 rings (SSSR count). The zero-order valence-electron chi connectivity index (χ0n) is 14.6. The minimum absolute atomic E-state index is 0.0726. The summed E-state index contributed by atoms with van der Waals surface area (Å²) in [6.45, 7) is 1.81. The van der Waals surface area contributed by atoms with Crippen molar-refractivity contribution in [3.05, 3.63) is 47.3 Å². The molecule has 0 saturated heterocycles. The highest BCUT2D eigenvalue weighted by atomic mass is 19.2. The molecule has 0 unspecified atom stereocenters. The van der Waals surface area contributed by atoms with E-state index in [1.54, 1.807) is 0 Å². The topological polar surface area (TPSA) is 106 Å². The van der Waals surface area contributed by atoms with Crippen molar-refractivity contribution >= 4 is 23.2 Å². The molecular weight excluding hydrogens is 359 g/mol. The summed E-state index contributed by atoms with van der Waals surface area (Å²) < 4.78 is 41.0. The van der Waals surface area contributed by atoms with Crippen LogP contribution < -0.4 is 22.1 Å². The third-order valence-electron chi connectivity index (χ3n) is 4.42. The van der Waals surface area contributed by atoms with Gasteiger partial charge in [0.2, 0.25) is 0 Å². The maximum Gasteiger partial charge on any atom is 0.252 e. The maximum absolute atomic E-state index is 14.4. The number of hydrogen-bond donors (Lipinski definition) is 4. The van der Waals surface area contributed by atoms with Gasteiger partial charge in [0.25, 0.3) is 5.91 Å². The Morgan fingerprint density at radius 3 is 2.41 bits per heavy atom. The third-order valence-corrected chi connectivity index (χ3v) is 4.42. The molecule has 1 aliphatic rings. The number of rotatable bonds is 7. The molecule has 1 saturated carbocycles. The molecule has 2 atom stereocenters. The first-order valence-electron chi connectivity index (χ1n) is 8.50. The maximum atomic E-state index is 14.4. The van der Waals surface area contributed by atoms with Gasteiger partial charge in [-0.2, -0.15) is 0 Å². The van der Waals surface area contributed by atoms with E-state index in [2.05, 4.69) is 15.6 Å². The number of hydrogen-bond acceptors (Lipinski definition) is 5. The highest BCUT2D eigenvalue weighted by molar-refractivity contribution is 5.98. The lowest BCUT2D eigenvalue weighted by Gasteiger charge is -2.23. The number of nitrogens with two attached hydrogens (primary N) is 2. The largest absolute Gasteiger partial charge is 0.365 e. The molecule has 1 aromatic heterocycles. The Labute approximate surface area is 154 Å². The first kappa shape index (κ1) is 19.0. The first-order valence-corrected chi connectivity index (χ1v) is 8.50. The van der Waals surface area contributed by atoms with Gasteiger partial charge in [-0.25, -0.2) is 18.2 Å². The summed E-state index contributed by atoms with van der Waals surface area (Å²) in [6.07, 6.45) is 1.97. The number of benzene rings is 1. The number of nitrogens with one attached hydrogen (secondary N) is 2. The van der Waals surface area contributed by atoms with E-state index in [1.165, 1.54) is 6.07 Å². The van der Waals surface area contributed by atoms with Crippen LogP contribution in [0.3, 0.4) is 0 Å². The summed E-state index contributed by atoms with van der Waals surface area (Å²) in [5, 5.41) is 5.66. The Balaban J connectivity index is 1.95. The zero-order chi connectivity index (χ0) is 19.7. The number of pyridine rings is 1. The van der Waals surface area contributed by atoms with Crippen LogP contribution >= 0.6 is 0 Å². The molecule has 2 aromatic rings. The van der Waals surface area contributed by atoms with E-state index in [4.69, 9.17) is 11.5 Å². The van der Waals surface area contributed by atoms with E-state index in [1.807, 2.05) is 6.92 Å². The second-order valence-corrected chi connectivity index (χ2v) is 6.70. The fraction of sp³-hybridized carbons (Fsp3) is 0.333. The van der Waals surface area contributed by atoms with Gasteiger partial charge in [0.1, 0.15) is 5.82 Å².